The van der Waals surface area contributed by atoms with Crippen LogP contribution in [0.2, 0.25) is 0 Å². The maximum atomic E-state index is 12.5. The quantitative estimate of drug-likeness (QED) is 0.296. The summed E-state index contributed by atoms with van der Waals surface area (Å²) < 4.78 is 0. The van der Waals surface area contributed by atoms with Gasteiger partial charge in [-0.25, -0.2) is 4.99 Å². The molecule has 2 fully saturated rings. The Morgan fingerprint density at radius 1 is 1.31 bits per heavy atom. The molecule has 2 heterocycles. The van der Waals surface area contributed by atoms with Gasteiger partial charge in [-0.3, -0.25) is 14.5 Å². The predicted octanol–water partition coefficient (Wildman–Crippen LogP) is 0.765. The van der Waals surface area contributed by atoms with Crippen molar-refractivity contribution in [2.75, 3.05) is 39.3 Å². The molecule has 1 aromatic carbocycles. The van der Waals surface area contributed by atoms with E-state index in [1.165, 1.54) is 12.8 Å². The Labute approximate surface area is 189 Å². The number of amides is 2. The van der Waals surface area contributed by atoms with E-state index in [1.54, 1.807) is 17.0 Å². The number of nitrogens with zero attached hydrogens (tertiary/aromatic N) is 3. The van der Waals surface area contributed by atoms with Crippen LogP contribution in [0.15, 0.2) is 29.3 Å². The van der Waals surface area contributed by atoms with Crippen molar-refractivity contribution >= 4 is 41.8 Å². The SMILES string of the molecule is CCN1CCCC1CNC(N)=NCc1ccc(C(=O)N2CCNC(=O)C2)cc1.I. The molecule has 0 radical (unpaired) electrons. The summed E-state index contributed by atoms with van der Waals surface area (Å²) in [5, 5.41) is 5.94. The molecule has 0 spiro atoms. The third kappa shape index (κ3) is 6.56. The van der Waals surface area contributed by atoms with Gasteiger partial charge in [-0.15, -0.1) is 24.0 Å². The number of aliphatic imine (C=N–C) groups is 1. The lowest BCUT2D eigenvalue weighted by molar-refractivity contribution is -0.123. The molecule has 2 aliphatic heterocycles. The van der Waals surface area contributed by atoms with E-state index in [0.717, 1.165) is 25.2 Å². The second kappa shape index (κ2) is 11.3. The summed E-state index contributed by atoms with van der Waals surface area (Å²) in [6.07, 6.45) is 2.44. The molecule has 8 nitrogen and oxygen atoms in total. The highest BCUT2D eigenvalue weighted by Crippen LogP contribution is 2.15. The lowest BCUT2D eigenvalue weighted by Gasteiger charge is -2.26. The van der Waals surface area contributed by atoms with Crippen LogP contribution in [0.5, 0.6) is 0 Å². The van der Waals surface area contributed by atoms with E-state index in [4.69, 9.17) is 5.73 Å². The average Bonchev–Trinajstić information content (AvgIpc) is 3.18. The molecule has 1 atom stereocenters. The number of rotatable bonds is 6. The molecule has 2 amide bonds. The highest BCUT2D eigenvalue weighted by atomic mass is 127. The van der Waals surface area contributed by atoms with E-state index >= 15 is 0 Å². The minimum atomic E-state index is -0.122. The Morgan fingerprint density at radius 3 is 2.76 bits per heavy atom. The van der Waals surface area contributed by atoms with E-state index in [2.05, 4.69) is 27.4 Å². The van der Waals surface area contributed by atoms with Crippen LogP contribution >= 0.6 is 24.0 Å². The normalized spacial score (nSPS) is 20.2. The monoisotopic (exact) mass is 514 g/mol. The number of carbonyl (C=O) groups excluding carboxylic acids is 2. The lowest BCUT2D eigenvalue weighted by atomic mass is 10.1. The molecule has 160 valence electrons. The highest BCUT2D eigenvalue weighted by Gasteiger charge is 2.23. The molecule has 0 saturated carbocycles. The molecule has 1 aromatic rings. The number of nitrogens with two attached hydrogens (primary N) is 1. The van der Waals surface area contributed by atoms with Crippen LogP contribution in [0.4, 0.5) is 0 Å². The van der Waals surface area contributed by atoms with E-state index in [-0.39, 0.29) is 42.3 Å². The van der Waals surface area contributed by atoms with E-state index in [1.807, 2.05) is 12.1 Å². The Morgan fingerprint density at radius 2 is 2.07 bits per heavy atom. The molecule has 2 saturated heterocycles. The number of carbonyl (C=O) groups is 2. The largest absolute Gasteiger partial charge is 0.370 e. The zero-order chi connectivity index (χ0) is 19.9. The summed E-state index contributed by atoms with van der Waals surface area (Å²) in [4.78, 5) is 32.3. The van der Waals surface area contributed by atoms with Gasteiger partial charge in [-0.2, -0.15) is 0 Å². The molecule has 0 aliphatic carbocycles. The minimum absolute atomic E-state index is 0. The fraction of sp³-hybridized carbons (Fsp3) is 0.550. The van der Waals surface area contributed by atoms with Gasteiger partial charge in [-0.05, 0) is 43.6 Å². The van der Waals surface area contributed by atoms with Gasteiger partial charge in [0.15, 0.2) is 5.96 Å². The second-order valence-electron chi connectivity index (χ2n) is 7.28. The Kier molecular flexibility index (Phi) is 9.15. The molecular weight excluding hydrogens is 483 g/mol. The van der Waals surface area contributed by atoms with E-state index < -0.39 is 0 Å². The van der Waals surface area contributed by atoms with Gasteiger partial charge in [0.05, 0.1) is 13.1 Å². The third-order valence-electron chi connectivity index (χ3n) is 5.38. The maximum Gasteiger partial charge on any atom is 0.254 e. The van der Waals surface area contributed by atoms with Gasteiger partial charge >= 0.3 is 0 Å². The van der Waals surface area contributed by atoms with Gasteiger partial charge in [-0.1, -0.05) is 19.1 Å². The number of likely N-dealkylation sites (tertiary alicyclic amines) is 1. The molecule has 2 aliphatic rings. The predicted molar refractivity (Wildman–Crippen MR) is 124 cm³/mol. The first-order chi connectivity index (χ1) is 13.6. The summed E-state index contributed by atoms with van der Waals surface area (Å²) in [6.45, 7) is 6.84. The Hall–Kier alpha value is -1.88. The fourth-order valence-electron chi connectivity index (χ4n) is 3.74. The molecule has 3 rings (SSSR count). The van der Waals surface area contributed by atoms with Crippen molar-refractivity contribution in [3.05, 3.63) is 35.4 Å². The molecule has 0 aromatic heterocycles. The minimum Gasteiger partial charge on any atom is -0.370 e. The van der Waals surface area contributed by atoms with Crippen LogP contribution < -0.4 is 16.4 Å². The second-order valence-corrected chi connectivity index (χ2v) is 7.28. The molecule has 29 heavy (non-hydrogen) atoms. The smallest absolute Gasteiger partial charge is 0.254 e. The zero-order valence-corrected chi connectivity index (χ0v) is 19.2. The van der Waals surface area contributed by atoms with Crippen molar-refractivity contribution in [1.82, 2.24) is 20.4 Å². The van der Waals surface area contributed by atoms with Crippen LogP contribution in [0.3, 0.4) is 0 Å². The summed E-state index contributed by atoms with van der Waals surface area (Å²) >= 11 is 0. The number of nitrogens with one attached hydrogen (secondary N) is 2. The van der Waals surface area contributed by atoms with Crippen molar-refractivity contribution in [1.29, 1.82) is 0 Å². The first-order valence-corrected chi connectivity index (χ1v) is 9.99. The average molecular weight is 514 g/mol. The number of hydrogen-bond acceptors (Lipinski definition) is 4. The summed E-state index contributed by atoms with van der Waals surface area (Å²) in [5.74, 6) is 0.207. The van der Waals surface area contributed by atoms with Crippen LogP contribution in [-0.2, 0) is 11.3 Å². The Balaban J connectivity index is 0.00000300. The van der Waals surface area contributed by atoms with Gasteiger partial charge < -0.3 is 21.3 Å². The number of benzene rings is 1. The van der Waals surface area contributed by atoms with Gasteiger partial charge in [0, 0.05) is 31.2 Å². The van der Waals surface area contributed by atoms with Crippen LogP contribution in [0.1, 0.15) is 35.7 Å². The van der Waals surface area contributed by atoms with E-state index in [0.29, 0.717) is 37.2 Å². The first kappa shape index (κ1) is 23.4. The van der Waals surface area contributed by atoms with Crippen molar-refractivity contribution in [2.45, 2.75) is 32.4 Å². The van der Waals surface area contributed by atoms with Crippen molar-refractivity contribution in [3.8, 4) is 0 Å². The molecule has 0 bridgehead atoms. The van der Waals surface area contributed by atoms with Crippen molar-refractivity contribution in [2.24, 2.45) is 10.7 Å². The number of halogens is 1. The van der Waals surface area contributed by atoms with Gasteiger partial charge in [0.2, 0.25) is 5.91 Å². The summed E-state index contributed by atoms with van der Waals surface area (Å²) in [7, 11) is 0. The topological polar surface area (TPSA) is 103 Å². The fourth-order valence-corrected chi connectivity index (χ4v) is 3.74. The lowest BCUT2D eigenvalue weighted by Crippen LogP contribution is -2.49. The number of piperazine rings is 1. The number of hydrogen-bond donors (Lipinski definition) is 3. The van der Waals surface area contributed by atoms with Crippen molar-refractivity contribution in [3.63, 3.8) is 0 Å². The van der Waals surface area contributed by atoms with Gasteiger partial charge in [0.1, 0.15) is 0 Å². The summed E-state index contributed by atoms with van der Waals surface area (Å²) in [5.41, 5.74) is 7.56. The van der Waals surface area contributed by atoms with Crippen molar-refractivity contribution < 1.29 is 9.59 Å². The molecule has 4 N–H and O–H groups in total. The molecular formula is C20H31IN6O2. The van der Waals surface area contributed by atoms with Crippen LogP contribution in [0.25, 0.3) is 0 Å². The zero-order valence-electron chi connectivity index (χ0n) is 16.9. The van der Waals surface area contributed by atoms with Crippen LogP contribution in [-0.4, -0.2) is 72.9 Å². The maximum absolute atomic E-state index is 12.5. The number of guanidine groups is 1. The van der Waals surface area contributed by atoms with Crippen LogP contribution in [0, 0.1) is 0 Å². The standard InChI is InChI=1S/C20H30N6O2.HI/c1-2-25-10-3-4-17(25)13-24-20(21)23-12-15-5-7-16(8-6-15)19(28)26-11-9-22-18(27)14-26;/h5-8,17H,2-4,9-14H2,1H3,(H,22,27)(H3,21,23,24);1H. The van der Waals surface area contributed by atoms with E-state index in [9.17, 15) is 9.59 Å². The highest BCUT2D eigenvalue weighted by molar-refractivity contribution is 14.0. The Bertz CT molecular complexity index is 724. The first-order valence-electron chi connectivity index (χ1n) is 9.99. The third-order valence-corrected chi connectivity index (χ3v) is 5.38. The molecule has 1 unspecified atom stereocenters. The number of likely N-dealkylation sites (N-methyl/N-ethyl adjacent to an activating group) is 1. The van der Waals surface area contributed by atoms with Gasteiger partial charge in [0.25, 0.3) is 5.91 Å². The summed E-state index contributed by atoms with van der Waals surface area (Å²) in [6, 6.07) is 7.84. The molecule has 9 heteroatoms.